The first kappa shape index (κ1) is 12.7. The van der Waals surface area contributed by atoms with Gasteiger partial charge in [-0.05, 0) is 18.2 Å². The fraction of sp³-hybridized carbons (Fsp3) is 0.0909. The Balaban J connectivity index is 2.55. The minimum absolute atomic E-state index is 0.170. The number of nitrogens with zero attached hydrogens (tertiary/aromatic N) is 3. The van der Waals surface area contributed by atoms with Gasteiger partial charge in [0.15, 0.2) is 0 Å². The van der Waals surface area contributed by atoms with E-state index in [2.05, 4.69) is 10.3 Å². The number of aliphatic hydroxyl groups is 1. The summed E-state index contributed by atoms with van der Waals surface area (Å²) in [5.74, 6) is -2.49. The van der Waals surface area contributed by atoms with Crippen LogP contribution in [0.4, 0.5) is 0 Å². The van der Waals surface area contributed by atoms with E-state index in [-0.39, 0.29) is 29.1 Å². The van der Waals surface area contributed by atoms with Crippen molar-refractivity contribution in [1.29, 1.82) is 0 Å². The molecule has 0 aliphatic carbocycles. The maximum absolute atomic E-state index is 10.9. The third-order valence-electron chi connectivity index (χ3n) is 2.38. The Labute approximate surface area is 106 Å². The second-order valence-electron chi connectivity index (χ2n) is 3.69. The Morgan fingerprint density at radius 1 is 1.11 bits per heavy atom. The van der Waals surface area contributed by atoms with Gasteiger partial charge < -0.3 is 15.3 Å². The van der Waals surface area contributed by atoms with E-state index in [0.29, 0.717) is 0 Å². The van der Waals surface area contributed by atoms with Crippen molar-refractivity contribution in [2.24, 2.45) is 0 Å². The summed E-state index contributed by atoms with van der Waals surface area (Å²) < 4.78 is 1.20. The molecular formula is C11H9N3O5. The Morgan fingerprint density at radius 2 is 1.68 bits per heavy atom. The van der Waals surface area contributed by atoms with Crippen LogP contribution < -0.4 is 0 Å². The minimum Gasteiger partial charge on any atom is -0.478 e. The summed E-state index contributed by atoms with van der Waals surface area (Å²) in [6.07, 6.45) is 1.38. The van der Waals surface area contributed by atoms with E-state index < -0.39 is 11.9 Å². The molecule has 0 saturated carbocycles. The topological polar surface area (TPSA) is 126 Å². The first-order valence-corrected chi connectivity index (χ1v) is 5.15. The van der Waals surface area contributed by atoms with Crippen molar-refractivity contribution in [1.82, 2.24) is 15.0 Å². The second kappa shape index (κ2) is 4.86. The summed E-state index contributed by atoms with van der Waals surface area (Å²) in [7, 11) is 0. The third kappa shape index (κ3) is 2.58. The predicted molar refractivity (Wildman–Crippen MR) is 61.2 cm³/mol. The molecule has 1 heterocycles. The van der Waals surface area contributed by atoms with Gasteiger partial charge in [0.05, 0.1) is 29.6 Å². The van der Waals surface area contributed by atoms with Gasteiger partial charge in [0.2, 0.25) is 0 Å². The van der Waals surface area contributed by atoms with Gasteiger partial charge in [-0.3, -0.25) is 0 Å². The summed E-state index contributed by atoms with van der Waals surface area (Å²) in [6, 6.07) is 3.59. The molecule has 19 heavy (non-hydrogen) atoms. The quantitative estimate of drug-likeness (QED) is 0.717. The van der Waals surface area contributed by atoms with Crippen molar-refractivity contribution < 1.29 is 24.9 Å². The van der Waals surface area contributed by atoms with Crippen LogP contribution >= 0.6 is 0 Å². The summed E-state index contributed by atoms with van der Waals surface area (Å²) >= 11 is 0. The van der Waals surface area contributed by atoms with E-state index in [9.17, 15) is 9.59 Å². The molecule has 8 heteroatoms. The lowest BCUT2D eigenvalue weighted by molar-refractivity contribution is 0.0696. The normalized spacial score (nSPS) is 10.4. The fourth-order valence-electron chi connectivity index (χ4n) is 1.49. The highest BCUT2D eigenvalue weighted by Gasteiger charge is 2.13. The van der Waals surface area contributed by atoms with Crippen LogP contribution in [0.25, 0.3) is 5.69 Å². The molecule has 2 rings (SSSR count). The zero-order valence-corrected chi connectivity index (χ0v) is 9.52. The molecular weight excluding hydrogens is 254 g/mol. The molecule has 0 amide bonds. The van der Waals surface area contributed by atoms with Crippen molar-refractivity contribution in [3.8, 4) is 5.69 Å². The molecule has 0 unspecified atom stereocenters. The number of rotatable bonds is 4. The lowest BCUT2D eigenvalue weighted by atomic mass is 10.1. The van der Waals surface area contributed by atoms with Crippen LogP contribution in [0, 0.1) is 0 Å². The Morgan fingerprint density at radius 3 is 2.11 bits per heavy atom. The molecule has 0 atom stereocenters. The van der Waals surface area contributed by atoms with Crippen LogP contribution in [0.2, 0.25) is 0 Å². The minimum atomic E-state index is -1.24. The van der Waals surface area contributed by atoms with Crippen LogP contribution in [0.1, 0.15) is 26.4 Å². The molecule has 0 spiro atoms. The van der Waals surface area contributed by atoms with E-state index in [4.69, 9.17) is 15.3 Å². The molecule has 3 N–H and O–H groups in total. The molecule has 2 aromatic rings. The Bertz CT molecular complexity index is 617. The van der Waals surface area contributed by atoms with Crippen molar-refractivity contribution in [2.75, 3.05) is 0 Å². The molecule has 0 radical (unpaired) electrons. The SMILES string of the molecule is O=C(O)c1cc(C(=O)O)cc(-n2cc(CO)nn2)c1. The van der Waals surface area contributed by atoms with Gasteiger partial charge in [0.25, 0.3) is 0 Å². The zero-order valence-electron chi connectivity index (χ0n) is 9.52. The van der Waals surface area contributed by atoms with Crippen molar-refractivity contribution in [3.05, 3.63) is 41.2 Å². The van der Waals surface area contributed by atoms with Gasteiger partial charge in [-0.15, -0.1) is 5.10 Å². The van der Waals surface area contributed by atoms with E-state index >= 15 is 0 Å². The number of carboxylic acid groups (broad SMARTS) is 2. The molecule has 8 nitrogen and oxygen atoms in total. The number of aliphatic hydroxyl groups excluding tert-OH is 1. The van der Waals surface area contributed by atoms with E-state index in [0.717, 1.165) is 6.07 Å². The molecule has 0 aliphatic rings. The average molecular weight is 263 g/mol. The van der Waals surface area contributed by atoms with Crippen molar-refractivity contribution >= 4 is 11.9 Å². The first-order valence-electron chi connectivity index (χ1n) is 5.15. The monoisotopic (exact) mass is 263 g/mol. The maximum atomic E-state index is 10.9. The molecule has 1 aromatic heterocycles. The lowest BCUT2D eigenvalue weighted by Crippen LogP contribution is -2.06. The highest BCUT2D eigenvalue weighted by molar-refractivity contribution is 5.94. The summed E-state index contributed by atoms with van der Waals surface area (Å²) in [5.41, 5.74) is 0.189. The summed E-state index contributed by atoms with van der Waals surface area (Å²) in [4.78, 5) is 21.9. The standard InChI is InChI=1S/C11H9N3O5/c15-5-8-4-14(13-12-8)9-2-6(10(16)17)1-7(3-9)11(18)19/h1-4,15H,5H2,(H,16,17)(H,18,19). The van der Waals surface area contributed by atoms with Gasteiger partial charge in [-0.25, -0.2) is 14.3 Å². The zero-order chi connectivity index (χ0) is 14.0. The van der Waals surface area contributed by atoms with Gasteiger partial charge >= 0.3 is 11.9 Å². The maximum Gasteiger partial charge on any atom is 0.335 e. The number of aromatic carboxylic acids is 2. The van der Waals surface area contributed by atoms with Gasteiger partial charge in [-0.2, -0.15) is 0 Å². The number of benzene rings is 1. The summed E-state index contributed by atoms with van der Waals surface area (Å²) in [6.45, 7) is -0.315. The smallest absolute Gasteiger partial charge is 0.335 e. The predicted octanol–water partition coefficient (Wildman–Crippen LogP) is 0.156. The fourth-order valence-corrected chi connectivity index (χ4v) is 1.49. The highest BCUT2D eigenvalue weighted by Crippen LogP contribution is 2.14. The van der Waals surface area contributed by atoms with Gasteiger partial charge in [0.1, 0.15) is 5.69 Å². The average Bonchev–Trinajstić information content (AvgIpc) is 2.86. The van der Waals surface area contributed by atoms with Crippen LogP contribution in [-0.4, -0.2) is 42.3 Å². The summed E-state index contributed by atoms with van der Waals surface area (Å²) in [5, 5.41) is 34.1. The molecule has 0 aliphatic heterocycles. The largest absolute Gasteiger partial charge is 0.478 e. The van der Waals surface area contributed by atoms with Crippen molar-refractivity contribution in [3.63, 3.8) is 0 Å². The van der Waals surface area contributed by atoms with E-state index in [1.807, 2.05) is 0 Å². The molecule has 0 saturated heterocycles. The van der Waals surface area contributed by atoms with E-state index in [1.165, 1.54) is 23.0 Å². The van der Waals surface area contributed by atoms with Gasteiger partial charge in [-0.1, -0.05) is 5.21 Å². The first-order chi connectivity index (χ1) is 9.01. The second-order valence-corrected chi connectivity index (χ2v) is 3.69. The van der Waals surface area contributed by atoms with E-state index in [1.54, 1.807) is 0 Å². The number of carboxylic acids is 2. The lowest BCUT2D eigenvalue weighted by Gasteiger charge is -2.04. The van der Waals surface area contributed by atoms with Crippen LogP contribution in [0.15, 0.2) is 24.4 Å². The third-order valence-corrected chi connectivity index (χ3v) is 2.38. The molecule has 98 valence electrons. The van der Waals surface area contributed by atoms with Crippen LogP contribution in [0.5, 0.6) is 0 Å². The number of hydrogen-bond donors (Lipinski definition) is 3. The van der Waals surface area contributed by atoms with Crippen LogP contribution in [-0.2, 0) is 6.61 Å². The molecule has 0 bridgehead atoms. The number of aromatic nitrogens is 3. The van der Waals surface area contributed by atoms with Crippen LogP contribution in [0.3, 0.4) is 0 Å². The highest BCUT2D eigenvalue weighted by atomic mass is 16.4. The Hall–Kier alpha value is -2.74. The van der Waals surface area contributed by atoms with Crippen molar-refractivity contribution in [2.45, 2.75) is 6.61 Å². The Kier molecular flexibility index (Phi) is 3.25. The molecule has 1 aromatic carbocycles. The van der Waals surface area contributed by atoms with Gasteiger partial charge in [0, 0.05) is 0 Å². The number of hydrogen-bond acceptors (Lipinski definition) is 5. The number of carbonyl (C=O) groups is 2. The molecule has 0 fully saturated rings.